The van der Waals surface area contributed by atoms with Crippen molar-refractivity contribution in [3.63, 3.8) is 0 Å². The Morgan fingerprint density at radius 2 is 0.455 bits per heavy atom. The Bertz CT molecular complexity index is 3400. The van der Waals surface area contributed by atoms with E-state index in [-0.39, 0.29) is 0 Å². The van der Waals surface area contributed by atoms with Crippen LogP contribution in [0.1, 0.15) is 0 Å². The number of nitrogens with zero attached hydrogens (tertiary/aromatic N) is 13. The molecule has 0 aliphatic rings. The Labute approximate surface area is 374 Å². The summed E-state index contributed by atoms with van der Waals surface area (Å²) in [5.41, 5.74) is 15.9. The summed E-state index contributed by atoms with van der Waals surface area (Å²) >= 11 is 0. The summed E-state index contributed by atoms with van der Waals surface area (Å²) in [7, 11) is 0. The third-order valence-electron chi connectivity index (χ3n) is 11.6. The van der Waals surface area contributed by atoms with Crippen molar-refractivity contribution >= 4 is 66.2 Å². The summed E-state index contributed by atoms with van der Waals surface area (Å²) in [6.45, 7) is 0. The molecule has 66 heavy (non-hydrogen) atoms. The fraction of sp³-hybridized carbons (Fsp3) is 0. The van der Waals surface area contributed by atoms with Gasteiger partial charge in [0.15, 0.2) is 5.82 Å². The Morgan fingerprint density at radius 1 is 0.197 bits per heavy atom. The maximum absolute atomic E-state index is 5.41. The lowest BCUT2D eigenvalue weighted by Crippen LogP contribution is -2.07. The van der Waals surface area contributed by atoms with Crippen LogP contribution in [0.25, 0.3) is 134 Å². The standard InChI is InChI=1S/C53H29N13/c1-7-35-30(54-23-1)13-18-41(61-35)47-48(42-19-14-31-36(62-42)8-2-24-55-31)50(44-21-16-33-38(64-44)10-4-26-57-33)52(53-60-29-46-40(66-53)12-6-28-59-46)51(45-22-17-34-39(65-45)11-5-27-58-34)49(47)43-20-15-32-37(63-43)9-3-25-56-32/h1-29H. The van der Waals surface area contributed by atoms with Gasteiger partial charge in [-0.05, 0) is 133 Å². The van der Waals surface area contributed by atoms with E-state index in [2.05, 4.69) is 29.9 Å². The van der Waals surface area contributed by atoms with Gasteiger partial charge >= 0.3 is 0 Å². The highest BCUT2D eigenvalue weighted by Crippen LogP contribution is 2.54. The van der Waals surface area contributed by atoms with Crippen LogP contribution in [-0.2, 0) is 0 Å². The van der Waals surface area contributed by atoms with Gasteiger partial charge < -0.3 is 0 Å². The lowest BCUT2D eigenvalue weighted by atomic mass is 9.79. The van der Waals surface area contributed by atoms with Gasteiger partial charge in [-0.15, -0.1) is 0 Å². The molecule has 1 aromatic carbocycles. The van der Waals surface area contributed by atoms with Crippen molar-refractivity contribution in [3.05, 3.63) is 177 Å². The van der Waals surface area contributed by atoms with Gasteiger partial charge in [-0.2, -0.15) is 0 Å². The molecule has 0 spiro atoms. The molecule has 0 fully saturated rings. The highest BCUT2D eigenvalue weighted by Gasteiger charge is 2.33. The SMILES string of the molecule is c1cnc2ccc(-c3c(-c4ccc5ncccc5n4)c(-c4ccc5ncccc5n4)c(-c4ncc5ncccc5n4)c(-c4ccc5ncccc5n4)c3-c3ccc4ncccc4n3)nc2c1. The number of hydrogen-bond acceptors (Lipinski definition) is 13. The van der Waals surface area contributed by atoms with Gasteiger partial charge in [0.25, 0.3) is 0 Å². The number of aromatic nitrogens is 13. The summed E-state index contributed by atoms with van der Waals surface area (Å²) in [6.07, 6.45) is 12.3. The zero-order valence-electron chi connectivity index (χ0n) is 34.6. The Hall–Kier alpha value is -9.49. The van der Waals surface area contributed by atoms with E-state index in [0.717, 1.165) is 33.1 Å². The molecular weight excluding hydrogens is 819 g/mol. The summed E-state index contributed by atoms with van der Waals surface area (Å²) in [5.74, 6) is 0.413. The van der Waals surface area contributed by atoms with E-state index >= 15 is 0 Å². The summed E-state index contributed by atoms with van der Waals surface area (Å²) in [5, 5.41) is 0. The molecular formula is C53H29N13. The van der Waals surface area contributed by atoms with Gasteiger partial charge in [-0.25, -0.2) is 34.9 Å². The smallest absolute Gasteiger partial charge is 0.161 e. The van der Waals surface area contributed by atoms with Crippen molar-refractivity contribution in [2.45, 2.75) is 0 Å². The van der Waals surface area contributed by atoms with E-state index in [0.29, 0.717) is 101 Å². The first-order valence-electron chi connectivity index (χ1n) is 21.1. The Kier molecular flexibility index (Phi) is 8.49. The molecule has 0 atom stereocenters. The first-order valence-corrected chi connectivity index (χ1v) is 21.1. The summed E-state index contributed by atoms with van der Waals surface area (Å²) < 4.78 is 0. The highest BCUT2D eigenvalue weighted by atomic mass is 14.9. The van der Waals surface area contributed by atoms with E-state index in [9.17, 15) is 0 Å². The van der Waals surface area contributed by atoms with E-state index in [4.69, 9.17) is 34.9 Å². The van der Waals surface area contributed by atoms with E-state index < -0.39 is 0 Å². The number of pyridine rings is 11. The second-order valence-electron chi connectivity index (χ2n) is 15.5. The van der Waals surface area contributed by atoms with E-state index in [1.54, 1.807) is 43.4 Å². The second kappa shape index (κ2) is 15.1. The minimum absolute atomic E-state index is 0.413. The maximum Gasteiger partial charge on any atom is 0.161 e. The quantitative estimate of drug-likeness (QED) is 0.155. The lowest BCUT2D eigenvalue weighted by Gasteiger charge is -2.26. The third-order valence-corrected chi connectivity index (χ3v) is 11.6. The van der Waals surface area contributed by atoms with Crippen molar-refractivity contribution in [3.8, 4) is 67.7 Å². The Morgan fingerprint density at radius 3 is 0.758 bits per heavy atom. The van der Waals surface area contributed by atoms with Crippen LogP contribution in [0.4, 0.5) is 0 Å². The fourth-order valence-corrected chi connectivity index (χ4v) is 8.72. The molecule has 0 saturated carbocycles. The lowest BCUT2D eigenvalue weighted by molar-refractivity contribution is 1.20. The van der Waals surface area contributed by atoms with Gasteiger partial charge in [0.2, 0.25) is 0 Å². The second-order valence-corrected chi connectivity index (χ2v) is 15.5. The molecule has 0 bridgehead atoms. The van der Waals surface area contributed by atoms with Crippen molar-refractivity contribution in [1.29, 1.82) is 0 Å². The molecule has 12 heterocycles. The molecule has 0 unspecified atom stereocenters. The zero-order valence-corrected chi connectivity index (χ0v) is 34.6. The third kappa shape index (κ3) is 6.21. The molecule has 0 aliphatic carbocycles. The molecule has 13 rings (SSSR count). The first kappa shape index (κ1) is 37.1. The average Bonchev–Trinajstić information content (AvgIpc) is 3.39. The van der Waals surface area contributed by atoms with Crippen LogP contribution in [0.15, 0.2) is 177 Å². The van der Waals surface area contributed by atoms with Crippen LogP contribution in [0.5, 0.6) is 0 Å². The first-order chi connectivity index (χ1) is 32.7. The number of benzene rings is 1. The van der Waals surface area contributed by atoms with Crippen LogP contribution in [0, 0.1) is 0 Å². The minimum atomic E-state index is 0.413. The molecule has 0 amide bonds. The van der Waals surface area contributed by atoms with Crippen LogP contribution in [0.2, 0.25) is 0 Å². The minimum Gasteiger partial charge on any atom is -0.255 e. The van der Waals surface area contributed by atoms with Gasteiger partial charge in [-0.1, -0.05) is 0 Å². The summed E-state index contributed by atoms with van der Waals surface area (Å²) in [6, 6.07) is 43.0. The monoisotopic (exact) mass is 847 g/mol. The molecule has 0 saturated heterocycles. The zero-order chi connectivity index (χ0) is 43.6. The average molecular weight is 848 g/mol. The van der Waals surface area contributed by atoms with Gasteiger partial charge in [0.05, 0.1) is 95.4 Å². The van der Waals surface area contributed by atoms with Crippen LogP contribution >= 0.6 is 0 Å². The normalized spacial score (nSPS) is 11.6. The predicted octanol–water partition coefficient (Wildman–Crippen LogP) is 10.7. The summed E-state index contributed by atoms with van der Waals surface area (Å²) in [4.78, 5) is 65.4. The van der Waals surface area contributed by atoms with Crippen molar-refractivity contribution in [2.24, 2.45) is 0 Å². The van der Waals surface area contributed by atoms with Crippen LogP contribution in [-0.4, -0.2) is 64.8 Å². The fourth-order valence-electron chi connectivity index (χ4n) is 8.72. The van der Waals surface area contributed by atoms with E-state index in [1.807, 2.05) is 133 Å². The Balaban J connectivity index is 1.32. The molecule has 13 nitrogen and oxygen atoms in total. The van der Waals surface area contributed by atoms with E-state index in [1.165, 1.54) is 0 Å². The highest BCUT2D eigenvalue weighted by molar-refractivity contribution is 6.14. The molecule has 13 aromatic rings. The molecule has 0 N–H and O–H groups in total. The molecule has 13 heteroatoms. The molecule has 0 radical (unpaired) electrons. The van der Waals surface area contributed by atoms with Crippen LogP contribution in [0.3, 0.4) is 0 Å². The number of hydrogen-bond donors (Lipinski definition) is 0. The van der Waals surface area contributed by atoms with Crippen molar-refractivity contribution < 1.29 is 0 Å². The van der Waals surface area contributed by atoms with Gasteiger partial charge in [0.1, 0.15) is 5.52 Å². The van der Waals surface area contributed by atoms with Crippen molar-refractivity contribution in [2.75, 3.05) is 0 Å². The predicted molar refractivity (Wildman–Crippen MR) is 255 cm³/mol. The molecule has 12 aromatic heterocycles. The topological polar surface area (TPSA) is 168 Å². The largest absolute Gasteiger partial charge is 0.255 e. The van der Waals surface area contributed by atoms with Gasteiger partial charge in [0, 0.05) is 70.6 Å². The molecule has 306 valence electrons. The molecule has 0 aliphatic heterocycles. The van der Waals surface area contributed by atoms with Crippen LogP contribution < -0.4 is 0 Å². The number of rotatable bonds is 6. The van der Waals surface area contributed by atoms with Gasteiger partial charge in [-0.3, -0.25) is 29.9 Å². The number of fused-ring (bicyclic) bond motifs is 6. The van der Waals surface area contributed by atoms with Crippen molar-refractivity contribution in [1.82, 2.24) is 64.8 Å². The maximum atomic E-state index is 5.41.